The first-order valence-electron chi connectivity index (χ1n) is 14.8. The van der Waals surface area contributed by atoms with Crippen LogP contribution >= 0.6 is 23.1 Å². The van der Waals surface area contributed by atoms with Gasteiger partial charge in [-0.05, 0) is 36.3 Å². The lowest BCUT2D eigenvalue weighted by molar-refractivity contribution is -0.684. The number of nitrogen functional groups attached to an aromatic ring is 1. The van der Waals surface area contributed by atoms with Crippen LogP contribution in [0.4, 0.5) is 15.2 Å². The van der Waals surface area contributed by atoms with Gasteiger partial charge in [0.15, 0.2) is 34.8 Å². The number of aromatic hydroxyl groups is 1. The second-order valence-electron chi connectivity index (χ2n) is 11.3. The highest BCUT2D eigenvalue weighted by atomic mass is 32.2. The summed E-state index contributed by atoms with van der Waals surface area (Å²) < 4.78 is 15.2. The number of thioether (sulfide) groups is 1. The number of thiazole rings is 1. The van der Waals surface area contributed by atoms with Crippen LogP contribution in [0.1, 0.15) is 17.7 Å². The Morgan fingerprint density at radius 1 is 1.26 bits per heavy atom. The number of phenolic OH excluding ortho intramolecular Hbond substituents is 1. The number of carboxylic acid groups (broad SMARTS) is 1. The SMILES string of the molecule is Nc1nc(/C(=N/O)C(=O)N[C@@H]2C(=O)N3C(C(=O)[O-])=C(C=C4CCN(Cc5ccc[n+](CC(=O)Nc6ccc(O)c(F)c6)c5)C4=O)CS[C@H]23)cs1. The first-order chi connectivity index (χ1) is 23.9. The summed E-state index contributed by atoms with van der Waals surface area (Å²) in [6.07, 6.45) is 5.11. The summed E-state index contributed by atoms with van der Waals surface area (Å²) in [5, 5.41) is 39.7. The topological polar surface area (TPSA) is 235 Å². The van der Waals surface area contributed by atoms with Crippen molar-refractivity contribution in [3.63, 3.8) is 0 Å². The number of pyridine rings is 1. The van der Waals surface area contributed by atoms with Crippen LogP contribution in [0, 0.1) is 5.82 Å². The number of rotatable bonds is 10. The van der Waals surface area contributed by atoms with E-state index in [0.717, 1.165) is 28.4 Å². The highest BCUT2D eigenvalue weighted by Crippen LogP contribution is 2.41. The highest BCUT2D eigenvalue weighted by molar-refractivity contribution is 8.00. The van der Waals surface area contributed by atoms with Crippen molar-refractivity contribution in [2.45, 2.75) is 30.9 Å². The van der Waals surface area contributed by atoms with E-state index < -0.39 is 58.1 Å². The molecular formula is C31H27FN8O8S2. The molecule has 0 aliphatic carbocycles. The fourth-order valence-electron chi connectivity index (χ4n) is 5.66. The maximum Gasteiger partial charge on any atom is 0.290 e. The van der Waals surface area contributed by atoms with Crippen molar-refractivity contribution in [1.82, 2.24) is 20.1 Å². The minimum atomic E-state index is -1.62. The monoisotopic (exact) mass is 722 g/mol. The molecule has 19 heteroatoms. The van der Waals surface area contributed by atoms with E-state index in [9.17, 15) is 43.8 Å². The van der Waals surface area contributed by atoms with E-state index in [0.29, 0.717) is 24.1 Å². The van der Waals surface area contributed by atoms with Crippen molar-refractivity contribution in [3.05, 3.63) is 88.1 Å². The van der Waals surface area contributed by atoms with Crippen LogP contribution < -0.4 is 26.0 Å². The van der Waals surface area contributed by atoms with Crippen LogP contribution in [0.25, 0.3) is 0 Å². The molecule has 0 spiro atoms. The smallest absolute Gasteiger partial charge is 0.290 e. The Hall–Kier alpha value is -5.82. The number of fused-ring (bicyclic) bond motifs is 1. The molecule has 6 N–H and O–H groups in total. The lowest BCUT2D eigenvalue weighted by Crippen LogP contribution is -2.71. The Kier molecular flexibility index (Phi) is 9.51. The van der Waals surface area contributed by atoms with Gasteiger partial charge >= 0.3 is 0 Å². The number of carbonyl (C=O) groups is 5. The molecule has 5 heterocycles. The molecule has 4 amide bonds. The van der Waals surface area contributed by atoms with Crippen LogP contribution in [-0.4, -0.2) is 84.1 Å². The number of carbonyl (C=O) groups excluding carboxylic acids is 5. The maximum absolute atomic E-state index is 13.6. The molecule has 3 aromatic rings. The standard InChI is InChI=1S/C31H27FN8O8S2/c32-19-9-18(3-4-21(19)41)34-22(42)12-38-6-1-2-15(10-38)11-39-7-5-16(27(39)44)8-17-13-49-29-24(28(45)40(29)25(17)30(46)47)36-26(43)23(37-48)20-14-50-31(33)35-20/h1-4,6,8-10,14,24,29H,5,7,11-13H2,(H6-,33,34,35,36,37,41,42,43,46,47,48)/t24-,29-/m1/s1. The summed E-state index contributed by atoms with van der Waals surface area (Å²) in [4.78, 5) is 70.5. The zero-order chi connectivity index (χ0) is 35.7. The fraction of sp³-hybridized carbons (Fsp3) is 0.226. The fourth-order valence-corrected chi connectivity index (χ4v) is 7.52. The molecule has 0 bridgehead atoms. The third kappa shape index (κ3) is 6.85. The molecule has 3 aliphatic rings. The second kappa shape index (κ2) is 14.0. The zero-order valence-electron chi connectivity index (χ0n) is 25.7. The molecule has 2 saturated heterocycles. The predicted molar refractivity (Wildman–Crippen MR) is 173 cm³/mol. The number of hydrogen-bond acceptors (Lipinski definition) is 13. The van der Waals surface area contributed by atoms with E-state index in [-0.39, 0.29) is 46.8 Å². The number of aliphatic carboxylic acids is 1. The molecule has 2 fully saturated rings. The number of nitrogens with two attached hydrogens (primary N) is 1. The Morgan fingerprint density at radius 2 is 2.06 bits per heavy atom. The summed E-state index contributed by atoms with van der Waals surface area (Å²) >= 11 is 2.20. The van der Waals surface area contributed by atoms with Gasteiger partial charge in [0, 0.05) is 46.6 Å². The molecule has 1 aromatic carbocycles. The quantitative estimate of drug-likeness (QED) is 0.0338. The first-order valence-corrected chi connectivity index (χ1v) is 16.8. The lowest BCUT2D eigenvalue weighted by Gasteiger charge is -2.50. The number of amides is 4. The van der Waals surface area contributed by atoms with Crippen LogP contribution in [0.15, 0.2) is 76.2 Å². The van der Waals surface area contributed by atoms with Crippen LogP contribution in [0.3, 0.4) is 0 Å². The molecule has 0 saturated carbocycles. The summed E-state index contributed by atoms with van der Waals surface area (Å²) in [5.41, 5.74) is 6.17. The maximum atomic E-state index is 13.6. The average Bonchev–Trinajstić information content (AvgIpc) is 3.66. The van der Waals surface area contributed by atoms with E-state index in [1.165, 1.54) is 29.3 Å². The minimum absolute atomic E-state index is 0.00608. The molecular weight excluding hydrogens is 696 g/mol. The number of nitrogens with one attached hydrogen (secondary N) is 2. The van der Waals surface area contributed by atoms with Crippen LogP contribution in [0.5, 0.6) is 5.75 Å². The van der Waals surface area contributed by atoms with E-state index in [2.05, 4.69) is 20.8 Å². The Labute approximate surface area is 290 Å². The molecule has 3 aliphatic heterocycles. The van der Waals surface area contributed by atoms with E-state index >= 15 is 0 Å². The molecule has 258 valence electrons. The van der Waals surface area contributed by atoms with Crippen molar-refractivity contribution in [2.24, 2.45) is 5.16 Å². The third-order valence-corrected chi connectivity index (χ3v) is 9.95. The van der Waals surface area contributed by atoms with Crippen LogP contribution in [0.2, 0.25) is 0 Å². The number of phenols is 1. The van der Waals surface area contributed by atoms with E-state index in [4.69, 9.17) is 5.73 Å². The molecule has 2 atom stereocenters. The van der Waals surface area contributed by atoms with Gasteiger partial charge in [-0.3, -0.25) is 24.1 Å². The van der Waals surface area contributed by atoms with E-state index in [1.807, 2.05) is 0 Å². The van der Waals surface area contributed by atoms with Gasteiger partial charge in [0.25, 0.3) is 17.7 Å². The van der Waals surface area contributed by atoms with Gasteiger partial charge in [0.2, 0.25) is 12.5 Å². The number of oxime groups is 1. The van der Waals surface area contributed by atoms with Gasteiger partial charge in [-0.25, -0.2) is 9.37 Å². The van der Waals surface area contributed by atoms with Crippen molar-refractivity contribution < 1.29 is 48.4 Å². The number of carboxylic acids is 1. The number of halogens is 1. The number of likely N-dealkylation sites (tertiary alicyclic amines) is 1. The second-order valence-corrected chi connectivity index (χ2v) is 13.3. The summed E-state index contributed by atoms with van der Waals surface area (Å²) in [6, 6.07) is 5.86. The number of benzene rings is 1. The summed E-state index contributed by atoms with van der Waals surface area (Å²) in [6.45, 7) is 0.432. The minimum Gasteiger partial charge on any atom is -0.543 e. The van der Waals surface area contributed by atoms with Gasteiger partial charge < -0.3 is 41.5 Å². The van der Waals surface area contributed by atoms with Crippen molar-refractivity contribution >= 4 is 69.2 Å². The molecule has 2 aromatic heterocycles. The number of β-lactam (4-membered cyclic amide) rings is 1. The molecule has 6 rings (SSSR count). The summed E-state index contributed by atoms with van der Waals surface area (Å²) in [5.74, 6) is -5.32. The van der Waals surface area contributed by atoms with Crippen molar-refractivity contribution in [2.75, 3.05) is 23.3 Å². The average molecular weight is 723 g/mol. The zero-order valence-corrected chi connectivity index (χ0v) is 27.4. The Balaban J connectivity index is 1.10. The third-order valence-electron chi connectivity index (χ3n) is 7.97. The number of allylic oxidation sites excluding steroid dienone is 1. The van der Waals surface area contributed by atoms with Crippen LogP contribution in [-0.2, 0) is 37.1 Å². The number of hydrogen-bond donors (Lipinski definition) is 5. The largest absolute Gasteiger partial charge is 0.543 e. The highest BCUT2D eigenvalue weighted by Gasteiger charge is 2.53. The number of nitrogens with zero attached hydrogens (tertiary/aromatic N) is 5. The lowest BCUT2D eigenvalue weighted by atomic mass is 10.0. The molecule has 50 heavy (non-hydrogen) atoms. The Bertz CT molecular complexity index is 2030. The van der Waals surface area contributed by atoms with Gasteiger partial charge in [-0.15, -0.1) is 23.1 Å². The first kappa shape index (κ1) is 34.1. The summed E-state index contributed by atoms with van der Waals surface area (Å²) in [7, 11) is 0. The molecule has 16 nitrogen and oxygen atoms in total. The normalized spacial score (nSPS) is 19.8. The molecule has 0 radical (unpaired) electrons. The Morgan fingerprint density at radius 3 is 2.76 bits per heavy atom. The predicted octanol–water partition coefficient (Wildman–Crippen LogP) is -0.563. The van der Waals surface area contributed by atoms with E-state index in [1.54, 1.807) is 34.0 Å². The van der Waals surface area contributed by atoms with Gasteiger partial charge in [0.05, 0.1) is 18.2 Å². The van der Waals surface area contributed by atoms with Gasteiger partial charge in [-0.2, -0.15) is 4.57 Å². The van der Waals surface area contributed by atoms with Gasteiger partial charge in [-0.1, -0.05) is 5.16 Å². The molecule has 0 unspecified atom stereocenters. The number of anilines is 2. The number of aromatic nitrogens is 2. The van der Waals surface area contributed by atoms with Gasteiger partial charge in [0.1, 0.15) is 17.1 Å². The van der Waals surface area contributed by atoms with Crippen molar-refractivity contribution in [3.8, 4) is 5.75 Å². The van der Waals surface area contributed by atoms with Crippen molar-refractivity contribution in [1.29, 1.82) is 0 Å².